The fraction of sp³-hybridized carbons (Fsp3) is 0.304. The number of ether oxygens (including phenoxy) is 1. The number of fused-ring (bicyclic) bond motifs is 1. The van der Waals surface area contributed by atoms with E-state index in [9.17, 15) is 4.79 Å². The summed E-state index contributed by atoms with van der Waals surface area (Å²) in [6, 6.07) is 7.80. The van der Waals surface area contributed by atoms with Gasteiger partial charge >= 0.3 is 0 Å². The van der Waals surface area contributed by atoms with Gasteiger partial charge in [-0.25, -0.2) is 4.98 Å². The normalized spacial score (nSPS) is 15.6. The van der Waals surface area contributed by atoms with Crippen LogP contribution < -0.4 is 4.74 Å². The van der Waals surface area contributed by atoms with Gasteiger partial charge in [0.15, 0.2) is 4.96 Å². The van der Waals surface area contributed by atoms with Gasteiger partial charge in [-0.15, -0.1) is 24.5 Å². The van der Waals surface area contributed by atoms with Crippen LogP contribution in [0.5, 0.6) is 5.75 Å². The molecule has 4 rings (SSSR count). The fourth-order valence-electron chi connectivity index (χ4n) is 4.30. The van der Waals surface area contributed by atoms with Crippen molar-refractivity contribution < 1.29 is 9.53 Å². The van der Waals surface area contributed by atoms with E-state index in [-0.39, 0.29) is 11.4 Å². The third kappa shape index (κ3) is 3.38. The van der Waals surface area contributed by atoms with Crippen molar-refractivity contribution in [3.8, 4) is 17.0 Å². The molecule has 0 radical (unpaired) electrons. The number of amides is 1. The Labute approximate surface area is 174 Å². The van der Waals surface area contributed by atoms with Crippen LogP contribution in [0.2, 0.25) is 0 Å². The maximum absolute atomic E-state index is 13.5. The molecule has 29 heavy (non-hydrogen) atoms. The first-order valence-electron chi connectivity index (χ1n) is 9.76. The lowest BCUT2D eigenvalue weighted by Crippen LogP contribution is -2.47. The second-order valence-electron chi connectivity index (χ2n) is 7.40. The van der Waals surface area contributed by atoms with Crippen LogP contribution in [0, 0.1) is 0 Å². The number of benzene rings is 1. The topological polar surface area (TPSA) is 46.8 Å². The Morgan fingerprint density at radius 1 is 1.34 bits per heavy atom. The molecule has 2 aromatic heterocycles. The molecule has 1 saturated heterocycles. The third-order valence-corrected chi connectivity index (χ3v) is 6.52. The number of carbonyl (C=O) groups excluding carboxylic acids is 1. The van der Waals surface area contributed by atoms with Crippen LogP contribution in [-0.2, 0) is 0 Å². The summed E-state index contributed by atoms with van der Waals surface area (Å²) in [5.41, 5.74) is 2.23. The number of hydrogen-bond acceptors (Lipinski definition) is 4. The number of methoxy groups -OCH3 is 1. The molecule has 0 unspecified atom stereocenters. The first kappa shape index (κ1) is 19.5. The Hall–Kier alpha value is -2.86. The molecule has 6 heteroatoms. The van der Waals surface area contributed by atoms with Crippen LogP contribution in [0.3, 0.4) is 0 Å². The second-order valence-corrected chi connectivity index (χ2v) is 8.24. The molecule has 5 nitrogen and oxygen atoms in total. The molecule has 1 aliphatic rings. The molecule has 0 N–H and O–H groups in total. The van der Waals surface area contributed by atoms with Gasteiger partial charge in [0.2, 0.25) is 0 Å². The van der Waals surface area contributed by atoms with E-state index < -0.39 is 0 Å². The van der Waals surface area contributed by atoms with E-state index in [4.69, 9.17) is 9.72 Å². The Bertz CT molecular complexity index is 1060. The molecule has 3 heterocycles. The highest BCUT2D eigenvalue weighted by molar-refractivity contribution is 7.15. The van der Waals surface area contributed by atoms with Crippen LogP contribution in [0.25, 0.3) is 16.2 Å². The van der Waals surface area contributed by atoms with E-state index in [2.05, 4.69) is 13.2 Å². The number of nitrogens with zero attached hydrogens (tertiary/aromatic N) is 3. The van der Waals surface area contributed by atoms with Gasteiger partial charge in [-0.2, -0.15) is 0 Å². The van der Waals surface area contributed by atoms with Gasteiger partial charge in [0, 0.05) is 23.7 Å². The zero-order chi connectivity index (χ0) is 20.4. The van der Waals surface area contributed by atoms with E-state index in [1.807, 2.05) is 57.3 Å². The quantitative estimate of drug-likeness (QED) is 0.506. The number of likely N-dealkylation sites (tertiary alicyclic amines) is 1. The molecule has 1 aromatic carbocycles. The summed E-state index contributed by atoms with van der Waals surface area (Å²) in [5, 5.41) is 1.91. The lowest BCUT2D eigenvalue weighted by atomic mass is 9.88. The number of hydrogen-bond donors (Lipinski definition) is 0. The van der Waals surface area contributed by atoms with Crippen molar-refractivity contribution in [2.45, 2.75) is 31.2 Å². The van der Waals surface area contributed by atoms with Crippen molar-refractivity contribution in [3.63, 3.8) is 0 Å². The van der Waals surface area contributed by atoms with E-state index in [0.29, 0.717) is 5.69 Å². The van der Waals surface area contributed by atoms with Crippen molar-refractivity contribution in [3.05, 3.63) is 66.8 Å². The Kier molecular flexibility index (Phi) is 5.28. The van der Waals surface area contributed by atoms with Gasteiger partial charge in [-0.05, 0) is 37.8 Å². The van der Waals surface area contributed by atoms with Crippen LogP contribution in [0.1, 0.15) is 36.2 Å². The van der Waals surface area contributed by atoms with Gasteiger partial charge < -0.3 is 9.64 Å². The van der Waals surface area contributed by atoms with Crippen LogP contribution >= 0.6 is 11.3 Å². The highest BCUT2D eigenvalue weighted by Gasteiger charge is 2.42. The van der Waals surface area contributed by atoms with Gasteiger partial charge in [-0.1, -0.05) is 24.3 Å². The summed E-state index contributed by atoms with van der Waals surface area (Å²) in [7, 11) is 1.65. The smallest absolute Gasteiger partial charge is 0.272 e. The molecular weight excluding hydrogens is 382 g/mol. The Balaban J connectivity index is 1.70. The number of aromatic nitrogens is 2. The van der Waals surface area contributed by atoms with Crippen molar-refractivity contribution in [2.24, 2.45) is 0 Å². The average Bonchev–Trinajstić information content (AvgIpc) is 3.42. The predicted octanol–water partition coefficient (Wildman–Crippen LogP) is 5.20. The van der Waals surface area contributed by atoms with Crippen molar-refractivity contribution in [1.29, 1.82) is 0 Å². The molecule has 0 atom stereocenters. The Morgan fingerprint density at radius 3 is 2.86 bits per heavy atom. The number of carbonyl (C=O) groups is 1. The fourth-order valence-corrected chi connectivity index (χ4v) is 5.15. The van der Waals surface area contributed by atoms with Crippen LogP contribution in [0.15, 0.2) is 61.2 Å². The molecular formula is C23H25N3O2S. The third-order valence-electron chi connectivity index (χ3n) is 5.68. The molecule has 0 aliphatic carbocycles. The Morgan fingerprint density at radius 2 is 2.14 bits per heavy atom. The number of rotatable bonds is 7. The van der Waals surface area contributed by atoms with Crippen molar-refractivity contribution in [1.82, 2.24) is 14.3 Å². The van der Waals surface area contributed by atoms with Crippen LogP contribution in [0.4, 0.5) is 0 Å². The predicted molar refractivity (Wildman–Crippen MR) is 118 cm³/mol. The van der Waals surface area contributed by atoms with E-state index in [1.165, 1.54) is 11.3 Å². The van der Waals surface area contributed by atoms with E-state index in [1.54, 1.807) is 7.11 Å². The largest absolute Gasteiger partial charge is 0.497 e. The van der Waals surface area contributed by atoms with E-state index in [0.717, 1.165) is 54.2 Å². The highest BCUT2D eigenvalue weighted by atomic mass is 32.1. The van der Waals surface area contributed by atoms with E-state index >= 15 is 0 Å². The van der Waals surface area contributed by atoms with Crippen molar-refractivity contribution in [2.75, 3.05) is 13.7 Å². The first-order valence-corrected chi connectivity index (χ1v) is 10.6. The molecule has 0 spiro atoms. The minimum Gasteiger partial charge on any atom is -0.497 e. The molecule has 1 aliphatic heterocycles. The van der Waals surface area contributed by atoms with Gasteiger partial charge in [0.25, 0.3) is 5.91 Å². The number of imidazole rings is 1. The zero-order valence-corrected chi connectivity index (χ0v) is 17.5. The van der Waals surface area contributed by atoms with Gasteiger partial charge in [0.05, 0.1) is 18.3 Å². The minimum absolute atomic E-state index is 0.0482. The second kappa shape index (κ2) is 7.87. The summed E-state index contributed by atoms with van der Waals surface area (Å²) in [6.45, 7) is 8.59. The minimum atomic E-state index is -0.217. The maximum atomic E-state index is 13.5. The highest BCUT2D eigenvalue weighted by Crippen LogP contribution is 2.38. The van der Waals surface area contributed by atoms with Crippen LogP contribution in [-0.4, -0.2) is 39.4 Å². The molecule has 0 bridgehead atoms. The SMILES string of the molecule is C=CCC1(CC=C)CCCN1C(=O)c1csc2nc(-c3cccc(OC)c3)cn12. The van der Waals surface area contributed by atoms with Gasteiger partial charge in [0.1, 0.15) is 11.4 Å². The summed E-state index contributed by atoms with van der Waals surface area (Å²) in [6.07, 6.45) is 9.29. The number of thiazole rings is 1. The zero-order valence-electron chi connectivity index (χ0n) is 16.6. The molecule has 0 saturated carbocycles. The molecule has 3 aromatic rings. The lowest BCUT2D eigenvalue weighted by molar-refractivity contribution is 0.0594. The average molecular weight is 408 g/mol. The van der Waals surface area contributed by atoms with Gasteiger partial charge in [-0.3, -0.25) is 9.20 Å². The summed E-state index contributed by atoms with van der Waals surface area (Å²) >= 11 is 1.49. The monoisotopic (exact) mass is 407 g/mol. The summed E-state index contributed by atoms with van der Waals surface area (Å²) in [4.78, 5) is 21.1. The summed E-state index contributed by atoms with van der Waals surface area (Å²) < 4.78 is 7.23. The molecule has 150 valence electrons. The standard InChI is InChI=1S/C23H25N3O2S/c1-4-10-23(11-5-2)12-7-13-26(23)21(27)20-16-29-22-24-19(15-25(20)22)17-8-6-9-18(14-17)28-3/h4-6,8-9,14-16H,1-2,7,10-13H2,3H3. The molecule has 1 amide bonds. The van der Waals surface area contributed by atoms with Crippen molar-refractivity contribution >= 4 is 22.2 Å². The molecule has 1 fully saturated rings. The maximum Gasteiger partial charge on any atom is 0.272 e. The lowest BCUT2D eigenvalue weighted by Gasteiger charge is -2.37. The summed E-state index contributed by atoms with van der Waals surface area (Å²) in [5.74, 6) is 0.831. The first-order chi connectivity index (χ1) is 14.1.